The molecule has 124 valence electrons. The lowest BCUT2D eigenvalue weighted by Gasteiger charge is -2.26. The van der Waals surface area contributed by atoms with Gasteiger partial charge in [-0.3, -0.25) is 9.52 Å². The van der Waals surface area contributed by atoms with E-state index in [2.05, 4.69) is 15.4 Å². The zero-order chi connectivity index (χ0) is 15.5. The lowest BCUT2D eigenvalue weighted by atomic mass is 9.93. The third kappa shape index (κ3) is 4.59. The number of benzene rings is 1. The van der Waals surface area contributed by atoms with E-state index >= 15 is 0 Å². The van der Waals surface area contributed by atoms with Crippen LogP contribution in [-0.4, -0.2) is 32.7 Å². The molecule has 0 aromatic heterocycles. The molecule has 0 saturated carbocycles. The highest BCUT2D eigenvalue weighted by atomic mass is 35.5. The summed E-state index contributed by atoms with van der Waals surface area (Å²) in [6.07, 6.45) is 3.61. The molecule has 0 bridgehead atoms. The van der Waals surface area contributed by atoms with Crippen molar-refractivity contribution in [1.29, 1.82) is 0 Å². The molecule has 6 nitrogen and oxygen atoms in total. The number of carbonyl (C=O) groups excluding carboxylic acids is 1. The van der Waals surface area contributed by atoms with Crippen LogP contribution in [0.15, 0.2) is 24.3 Å². The lowest BCUT2D eigenvalue weighted by molar-refractivity contribution is -0.122. The van der Waals surface area contributed by atoms with Crippen molar-refractivity contribution in [3.8, 4) is 0 Å². The van der Waals surface area contributed by atoms with Crippen molar-refractivity contribution in [2.75, 3.05) is 22.8 Å². The van der Waals surface area contributed by atoms with Crippen LogP contribution in [0.25, 0.3) is 0 Å². The van der Waals surface area contributed by atoms with Crippen LogP contribution in [0.2, 0.25) is 0 Å². The zero-order valence-corrected chi connectivity index (χ0v) is 14.3. The predicted molar refractivity (Wildman–Crippen MR) is 91.0 cm³/mol. The van der Waals surface area contributed by atoms with Gasteiger partial charge in [0.05, 0.1) is 17.5 Å². The first-order chi connectivity index (χ1) is 9.85. The van der Waals surface area contributed by atoms with Crippen molar-refractivity contribution in [2.24, 2.45) is 0 Å². The van der Waals surface area contributed by atoms with Crippen LogP contribution < -0.4 is 15.4 Å². The van der Waals surface area contributed by atoms with Crippen molar-refractivity contribution in [2.45, 2.75) is 31.7 Å². The largest absolute Gasteiger partial charge is 0.324 e. The minimum absolute atomic E-state index is 0. The molecule has 0 radical (unpaired) electrons. The molecule has 8 heteroatoms. The standard InChI is InChI=1S/C14H21N3O3S.ClH/c1-3-14(8-5-9-15-14)13(18)16-11-6-4-7-12(10-11)17-21(2,19)20;/h4,6-7,10,15,17H,3,5,8-9H2,1-2H3,(H,16,18);1H. The Bertz CT molecular complexity index is 628. The van der Waals surface area contributed by atoms with Gasteiger partial charge in [-0.05, 0) is 44.0 Å². The van der Waals surface area contributed by atoms with Gasteiger partial charge < -0.3 is 10.6 Å². The van der Waals surface area contributed by atoms with Crippen molar-refractivity contribution < 1.29 is 13.2 Å². The summed E-state index contributed by atoms with van der Waals surface area (Å²) < 4.78 is 24.9. The Hall–Kier alpha value is -1.31. The average Bonchev–Trinajstić information content (AvgIpc) is 2.87. The molecule has 1 fully saturated rings. The summed E-state index contributed by atoms with van der Waals surface area (Å²) in [4.78, 5) is 12.5. The van der Waals surface area contributed by atoms with Crippen LogP contribution in [0.3, 0.4) is 0 Å². The molecule has 1 aromatic rings. The first kappa shape index (κ1) is 18.7. The van der Waals surface area contributed by atoms with Crippen LogP contribution >= 0.6 is 12.4 Å². The van der Waals surface area contributed by atoms with E-state index in [0.717, 1.165) is 32.1 Å². The second-order valence-corrected chi connectivity index (χ2v) is 7.12. The molecule has 1 unspecified atom stereocenters. The Morgan fingerprint density at radius 3 is 2.59 bits per heavy atom. The van der Waals surface area contributed by atoms with Crippen LogP contribution in [0.1, 0.15) is 26.2 Å². The maximum Gasteiger partial charge on any atom is 0.244 e. The monoisotopic (exact) mass is 347 g/mol. The highest BCUT2D eigenvalue weighted by molar-refractivity contribution is 7.92. The maximum absolute atomic E-state index is 12.5. The Morgan fingerprint density at radius 1 is 1.36 bits per heavy atom. The fourth-order valence-corrected chi connectivity index (χ4v) is 3.14. The Kier molecular flexibility index (Phi) is 6.22. The third-order valence-corrected chi connectivity index (χ3v) is 4.31. The number of hydrogen-bond donors (Lipinski definition) is 3. The van der Waals surface area contributed by atoms with E-state index in [1.807, 2.05) is 6.92 Å². The fourth-order valence-electron chi connectivity index (χ4n) is 2.59. The zero-order valence-electron chi connectivity index (χ0n) is 12.7. The SMILES string of the molecule is CCC1(C(=O)Nc2cccc(NS(C)(=O)=O)c2)CCCN1.Cl. The minimum Gasteiger partial charge on any atom is -0.324 e. The molecular weight excluding hydrogens is 326 g/mol. The van der Waals surface area contributed by atoms with Crippen LogP contribution in [0, 0.1) is 0 Å². The summed E-state index contributed by atoms with van der Waals surface area (Å²) >= 11 is 0. The summed E-state index contributed by atoms with van der Waals surface area (Å²) in [5, 5.41) is 6.13. The number of sulfonamides is 1. The minimum atomic E-state index is -3.33. The first-order valence-corrected chi connectivity index (χ1v) is 8.88. The topological polar surface area (TPSA) is 87.3 Å². The molecule has 1 aliphatic heterocycles. The summed E-state index contributed by atoms with van der Waals surface area (Å²) in [7, 11) is -3.33. The van der Waals surface area contributed by atoms with E-state index in [4.69, 9.17) is 0 Å². The van der Waals surface area contributed by atoms with Gasteiger partial charge in [0.15, 0.2) is 0 Å². The normalized spacial score (nSPS) is 21.0. The van der Waals surface area contributed by atoms with Crippen molar-refractivity contribution >= 4 is 39.7 Å². The molecule has 0 aliphatic carbocycles. The molecular formula is C14H22ClN3O3S. The number of halogens is 1. The quantitative estimate of drug-likeness (QED) is 0.759. The number of carbonyl (C=O) groups is 1. The summed E-state index contributed by atoms with van der Waals surface area (Å²) in [5.74, 6) is -0.0704. The van der Waals surface area contributed by atoms with Gasteiger partial charge >= 0.3 is 0 Å². The van der Waals surface area contributed by atoms with Gasteiger partial charge in [-0.2, -0.15) is 0 Å². The molecule has 3 N–H and O–H groups in total. The van der Waals surface area contributed by atoms with E-state index in [0.29, 0.717) is 11.4 Å². The molecule has 1 saturated heterocycles. The fraction of sp³-hybridized carbons (Fsp3) is 0.500. The van der Waals surface area contributed by atoms with Gasteiger partial charge in [0.25, 0.3) is 0 Å². The third-order valence-electron chi connectivity index (χ3n) is 3.71. The van der Waals surface area contributed by atoms with E-state index in [1.54, 1.807) is 24.3 Å². The van der Waals surface area contributed by atoms with E-state index < -0.39 is 15.6 Å². The lowest BCUT2D eigenvalue weighted by Crippen LogP contribution is -2.50. The number of hydrogen-bond acceptors (Lipinski definition) is 4. The molecule has 0 spiro atoms. The molecule has 1 aromatic carbocycles. The highest BCUT2D eigenvalue weighted by Gasteiger charge is 2.39. The number of nitrogens with one attached hydrogen (secondary N) is 3. The average molecular weight is 348 g/mol. The second-order valence-electron chi connectivity index (χ2n) is 5.38. The van der Waals surface area contributed by atoms with Gasteiger partial charge in [-0.15, -0.1) is 12.4 Å². The predicted octanol–water partition coefficient (Wildman–Crippen LogP) is 1.95. The Morgan fingerprint density at radius 2 is 2.05 bits per heavy atom. The van der Waals surface area contributed by atoms with Crippen LogP contribution in [-0.2, 0) is 14.8 Å². The second kappa shape index (κ2) is 7.30. The molecule has 2 rings (SSSR count). The Balaban J connectivity index is 0.00000242. The van der Waals surface area contributed by atoms with E-state index in [9.17, 15) is 13.2 Å². The van der Waals surface area contributed by atoms with Crippen molar-refractivity contribution in [3.63, 3.8) is 0 Å². The smallest absolute Gasteiger partial charge is 0.244 e. The number of anilines is 2. The van der Waals surface area contributed by atoms with Gasteiger partial charge in [-0.1, -0.05) is 13.0 Å². The molecule has 1 heterocycles. The highest BCUT2D eigenvalue weighted by Crippen LogP contribution is 2.25. The van der Waals surface area contributed by atoms with E-state index in [-0.39, 0.29) is 18.3 Å². The van der Waals surface area contributed by atoms with Crippen LogP contribution in [0.4, 0.5) is 11.4 Å². The molecule has 1 amide bonds. The van der Waals surface area contributed by atoms with Gasteiger partial charge in [0.2, 0.25) is 15.9 Å². The van der Waals surface area contributed by atoms with Gasteiger partial charge in [-0.25, -0.2) is 8.42 Å². The first-order valence-electron chi connectivity index (χ1n) is 6.99. The van der Waals surface area contributed by atoms with Gasteiger partial charge in [0.1, 0.15) is 0 Å². The Labute approximate surface area is 137 Å². The van der Waals surface area contributed by atoms with E-state index in [1.165, 1.54) is 0 Å². The number of rotatable bonds is 5. The summed E-state index contributed by atoms with van der Waals surface area (Å²) in [5.41, 5.74) is 0.496. The van der Waals surface area contributed by atoms with Crippen molar-refractivity contribution in [1.82, 2.24) is 5.32 Å². The number of amides is 1. The molecule has 1 aliphatic rings. The van der Waals surface area contributed by atoms with Gasteiger partial charge in [0, 0.05) is 5.69 Å². The molecule has 22 heavy (non-hydrogen) atoms. The summed E-state index contributed by atoms with van der Waals surface area (Å²) in [6, 6.07) is 6.69. The van der Waals surface area contributed by atoms with Crippen LogP contribution in [0.5, 0.6) is 0 Å². The van der Waals surface area contributed by atoms with Crippen molar-refractivity contribution in [3.05, 3.63) is 24.3 Å². The molecule has 1 atom stereocenters. The summed E-state index contributed by atoms with van der Waals surface area (Å²) in [6.45, 7) is 2.83. The maximum atomic E-state index is 12.5.